The molecule has 1 fully saturated rings. The number of fused-ring (bicyclic) bond motifs is 10. The fourth-order valence-electron chi connectivity index (χ4n) is 6.92. The second-order valence-corrected chi connectivity index (χ2v) is 17.0. The Morgan fingerprint density at radius 2 is 1.43 bits per heavy atom. The van der Waals surface area contributed by atoms with Crippen LogP contribution in [0.5, 0.6) is 0 Å². The van der Waals surface area contributed by atoms with Crippen LogP contribution in [0.1, 0.15) is 26.2 Å². The first kappa shape index (κ1) is 20.3. The zero-order chi connectivity index (χ0) is 33.6. The minimum absolute atomic E-state index is 0.122. The molecule has 5 nitrogen and oxygen atoms in total. The van der Waals surface area contributed by atoms with Gasteiger partial charge >= 0.3 is 27.9 Å². The van der Waals surface area contributed by atoms with Crippen molar-refractivity contribution in [2.45, 2.75) is 36.7 Å². The Kier molecular flexibility index (Phi) is 4.67. The van der Waals surface area contributed by atoms with Crippen molar-refractivity contribution in [3.63, 3.8) is 0 Å². The normalized spacial score (nSPS) is 23.5. The molecule has 42 heavy (non-hydrogen) atoms. The van der Waals surface area contributed by atoms with E-state index in [0.29, 0.717) is 11.1 Å². The van der Waals surface area contributed by atoms with Crippen LogP contribution < -0.4 is 10.4 Å². The third kappa shape index (κ3) is 3.79. The Labute approximate surface area is 264 Å². The highest BCUT2D eigenvalue weighted by molar-refractivity contribution is 8.00. The van der Waals surface area contributed by atoms with Gasteiger partial charge in [-0.1, -0.05) is 90.8 Å². The summed E-state index contributed by atoms with van der Waals surface area (Å²) in [5.41, 5.74) is 1.17. The van der Waals surface area contributed by atoms with E-state index in [0.717, 1.165) is 15.1 Å². The van der Waals surface area contributed by atoms with Crippen molar-refractivity contribution < 1.29 is 8.22 Å². The smallest absolute Gasteiger partial charge is 0.380 e. The quantitative estimate of drug-likeness (QED) is 0.458. The summed E-state index contributed by atoms with van der Waals surface area (Å²) in [7, 11) is -2.34. The zero-order valence-corrected chi connectivity index (χ0v) is 25.2. The van der Waals surface area contributed by atoms with Gasteiger partial charge in [0.1, 0.15) is 13.1 Å². The minimum Gasteiger partial charge on any atom is -0.423 e. The number of aryl methyl sites for hydroxylation is 1. The molecular weight excluding hydrogens is 546 g/mol. The van der Waals surface area contributed by atoms with E-state index >= 15 is 0 Å². The largest absolute Gasteiger partial charge is 0.423 e. The lowest BCUT2D eigenvalue weighted by Gasteiger charge is -2.53. The second-order valence-electron chi connectivity index (χ2n) is 11.7. The van der Waals surface area contributed by atoms with E-state index in [-0.39, 0.29) is 32.1 Å². The van der Waals surface area contributed by atoms with E-state index < -0.39 is 28.8 Å². The maximum atomic E-state index is 8.87. The molecule has 0 aliphatic carbocycles. The Hall–Kier alpha value is -3.68. The van der Waals surface area contributed by atoms with Gasteiger partial charge in [0.05, 0.1) is 0 Å². The molecule has 11 heteroatoms. The van der Waals surface area contributed by atoms with Crippen LogP contribution in [0.15, 0.2) is 131 Å². The van der Waals surface area contributed by atoms with Gasteiger partial charge in [-0.2, -0.15) is 0 Å². The van der Waals surface area contributed by atoms with Gasteiger partial charge in [-0.15, -0.1) is 0 Å². The molecule has 6 aliphatic rings. The van der Waals surface area contributed by atoms with Gasteiger partial charge in [0.15, 0.2) is 0 Å². The highest BCUT2D eigenvalue weighted by atomic mass is 32.2. The van der Waals surface area contributed by atoms with Crippen LogP contribution in [0.3, 0.4) is 0 Å². The molecule has 202 valence electrons. The summed E-state index contributed by atoms with van der Waals surface area (Å²) in [6.45, 7) is -1.63. The van der Waals surface area contributed by atoms with E-state index in [1.54, 1.807) is 12.3 Å². The van der Waals surface area contributed by atoms with Gasteiger partial charge in [0.25, 0.3) is 0 Å². The Balaban J connectivity index is 1.40. The molecule has 8 rings (SSSR count). The van der Waals surface area contributed by atoms with E-state index in [9.17, 15) is 0 Å². The summed E-state index contributed by atoms with van der Waals surface area (Å²) < 4.78 is 61.5. The SMILES string of the molecule is [2H]C([2H])([2H])C1=CB2N3C=CC=CB3N3C=CC=CB3N3C=CC=CB3N2C=C1c1c(C([2H])([2H])[2H])ccc2c1Sc1ncccc1[Si]2(C)C. The lowest BCUT2D eigenvalue weighted by molar-refractivity contribution is 0.622. The molecule has 2 aromatic rings. The number of allylic oxidation sites excluding steroid dienone is 8. The maximum Gasteiger partial charge on any atom is 0.380 e. The van der Waals surface area contributed by atoms with Crippen LogP contribution in [-0.2, 0) is 0 Å². The summed E-state index contributed by atoms with van der Waals surface area (Å²) in [5.74, 6) is 8.22. The van der Waals surface area contributed by atoms with Crippen molar-refractivity contribution in [3.8, 4) is 0 Å². The predicted octanol–water partition coefficient (Wildman–Crippen LogP) is 4.56. The third-order valence-electron chi connectivity index (χ3n) is 9.03. The van der Waals surface area contributed by atoms with Crippen LogP contribution in [0.25, 0.3) is 5.57 Å². The molecule has 1 aromatic heterocycles. The average Bonchev–Trinajstić information content (AvgIpc) is 3.06. The van der Waals surface area contributed by atoms with Crippen LogP contribution in [0.4, 0.5) is 0 Å². The Morgan fingerprint density at radius 1 is 0.762 bits per heavy atom. The summed E-state index contributed by atoms with van der Waals surface area (Å²) in [5, 5.41) is 3.12. The van der Waals surface area contributed by atoms with Crippen LogP contribution in [0, 0.1) is 6.85 Å². The number of hydrogen-bond acceptors (Lipinski definition) is 6. The van der Waals surface area contributed by atoms with Crippen molar-refractivity contribution in [3.05, 3.63) is 132 Å². The molecule has 0 unspecified atom stereocenters. The lowest BCUT2D eigenvalue weighted by atomic mass is 9.41. The summed E-state index contributed by atoms with van der Waals surface area (Å²) in [6.07, 6.45) is 21.9. The molecule has 0 radical (unpaired) electrons. The van der Waals surface area contributed by atoms with Crippen LogP contribution in [0.2, 0.25) is 13.1 Å². The molecule has 0 spiro atoms. The monoisotopic (exact) mass is 583 g/mol. The lowest BCUT2D eigenvalue weighted by Crippen LogP contribution is -2.73. The number of benzene rings is 1. The molecule has 6 aliphatic heterocycles. The molecule has 0 bridgehead atoms. The van der Waals surface area contributed by atoms with Gasteiger partial charge in [-0.05, 0) is 84.3 Å². The van der Waals surface area contributed by atoms with E-state index in [2.05, 4.69) is 68.4 Å². The van der Waals surface area contributed by atoms with E-state index in [1.807, 2.05) is 67.0 Å². The summed E-state index contributed by atoms with van der Waals surface area (Å²) >= 11 is 1.45. The first-order valence-corrected chi connectivity index (χ1v) is 18.1. The van der Waals surface area contributed by atoms with Gasteiger partial charge in [0, 0.05) is 24.9 Å². The molecular formula is C31H31B4N5SSi. The Morgan fingerprint density at radius 3 is 2.10 bits per heavy atom. The van der Waals surface area contributed by atoms with Crippen molar-refractivity contribution in [2.24, 2.45) is 0 Å². The van der Waals surface area contributed by atoms with Crippen molar-refractivity contribution >= 4 is 63.7 Å². The average molecular weight is 583 g/mol. The number of hydrogen-bond donors (Lipinski definition) is 0. The standard InChI is InChI=1S/C31H31B4N5SSi/c1-24-13-14-27-30(41-31-28(42(27,3)4)12-11-18-36-31)29(24)26-23-40-34-17-7-9-20-38(34)32-15-5-8-19-37(32)33-16-6-10-21-39(33)35(40)22-25(26)2/h5-23H,1-4H3/i1D3,2D3. The highest BCUT2D eigenvalue weighted by Crippen LogP contribution is 2.42. The molecule has 0 amide bonds. The molecule has 0 N–H and O–H groups in total. The Bertz CT molecular complexity index is 1960. The fraction of sp³-hybridized carbons (Fsp3) is 0.129. The highest BCUT2D eigenvalue weighted by Gasteiger charge is 2.50. The second kappa shape index (κ2) is 9.68. The van der Waals surface area contributed by atoms with Gasteiger partial charge in [-0.3, -0.25) is 0 Å². The van der Waals surface area contributed by atoms with Gasteiger partial charge < -0.3 is 18.9 Å². The molecule has 7 heterocycles. The molecule has 0 atom stereocenters. The molecule has 0 saturated carbocycles. The first-order chi connectivity index (χ1) is 22.9. The fourth-order valence-corrected chi connectivity index (χ4v) is 12.3. The van der Waals surface area contributed by atoms with Gasteiger partial charge in [0.2, 0.25) is 0 Å². The van der Waals surface area contributed by atoms with Crippen molar-refractivity contribution in [2.75, 3.05) is 0 Å². The van der Waals surface area contributed by atoms with Crippen LogP contribution in [-0.4, -0.2) is 59.9 Å². The molecule has 1 saturated heterocycles. The first-order valence-electron chi connectivity index (χ1n) is 17.3. The minimum atomic E-state index is -2.53. The van der Waals surface area contributed by atoms with E-state index in [4.69, 9.17) is 13.2 Å². The predicted molar refractivity (Wildman–Crippen MR) is 183 cm³/mol. The number of aromatic nitrogens is 1. The maximum absolute atomic E-state index is 8.87. The topological polar surface area (TPSA) is 25.9 Å². The van der Waals surface area contributed by atoms with Crippen LogP contribution >= 0.6 is 11.8 Å². The van der Waals surface area contributed by atoms with Gasteiger partial charge in [-0.25, -0.2) is 4.98 Å². The number of nitrogens with zero attached hydrogens (tertiary/aromatic N) is 5. The van der Waals surface area contributed by atoms with Crippen molar-refractivity contribution in [1.82, 2.24) is 23.9 Å². The number of pyridine rings is 1. The van der Waals surface area contributed by atoms with E-state index in [1.165, 1.54) is 16.9 Å². The third-order valence-corrected chi connectivity index (χ3v) is 14.1. The number of rotatable bonds is 1. The van der Waals surface area contributed by atoms with Crippen molar-refractivity contribution in [1.29, 1.82) is 0 Å². The summed E-state index contributed by atoms with van der Waals surface area (Å²) in [6, 6.07) is 7.73. The summed E-state index contributed by atoms with van der Waals surface area (Å²) in [4.78, 5) is 5.52. The zero-order valence-electron chi connectivity index (χ0n) is 29.4. The molecule has 1 aromatic carbocycles.